The fourth-order valence-electron chi connectivity index (χ4n) is 2.78. The number of hydrogen-bond acceptors (Lipinski definition) is 3. The first-order valence-corrected chi connectivity index (χ1v) is 7.62. The Morgan fingerprint density at radius 3 is 3.00 bits per heavy atom. The van der Waals surface area contributed by atoms with Gasteiger partial charge in [0.2, 0.25) is 0 Å². The van der Waals surface area contributed by atoms with Gasteiger partial charge in [0.25, 0.3) is 0 Å². The Morgan fingerprint density at radius 2 is 2.22 bits per heavy atom. The Morgan fingerprint density at radius 1 is 1.39 bits per heavy atom. The zero-order valence-corrected chi connectivity index (χ0v) is 11.9. The van der Waals surface area contributed by atoms with E-state index in [4.69, 9.17) is 4.98 Å². The van der Waals surface area contributed by atoms with Crippen LogP contribution in [0.2, 0.25) is 0 Å². The van der Waals surface area contributed by atoms with Crippen molar-refractivity contribution >= 4 is 21.6 Å². The van der Waals surface area contributed by atoms with Gasteiger partial charge in [0.1, 0.15) is 0 Å². The van der Waals surface area contributed by atoms with Crippen molar-refractivity contribution in [2.24, 2.45) is 5.92 Å². The van der Waals surface area contributed by atoms with Gasteiger partial charge in [-0.1, -0.05) is 26.0 Å². The minimum Gasteiger partial charge on any atom is -0.302 e. The molecule has 0 bridgehead atoms. The summed E-state index contributed by atoms with van der Waals surface area (Å²) in [5.41, 5.74) is 1.17. The van der Waals surface area contributed by atoms with Gasteiger partial charge in [-0.2, -0.15) is 0 Å². The van der Waals surface area contributed by atoms with Gasteiger partial charge in [0.05, 0.1) is 15.2 Å². The summed E-state index contributed by atoms with van der Waals surface area (Å²) in [5, 5.41) is 1.34. The van der Waals surface area contributed by atoms with E-state index >= 15 is 0 Å². The average molecular weight is 260 g/mol. The van der Waals surface area contributed by atoms with Crippen LogP contribution in [0.3, 0.4) is 0 Å². The smallest absolute Gasteiger partial charge is 0.0982 e. The Hall–Kier alpha value is -0.930. The summed E-state index contributed by atoms with van der Waals surface area (Å²) >= 11 is 1.88. The molecule has 2 aromatic rings. The van der Waals surface area contributed by atoms with E-state index in [1.807, 2.05) is 11.3 Å². The van der Waals surface area contributed by atoms with Gasteiger partial charge in [-0.05, 0) is 31.0 Å². The maximum absolute atomic E-state index is 4.80. The predicted octanol–water partition coefficient (Wildman–Crippen LogP) is 3.74. The van der Waals surface area contributed by atoms with Crippen LogP contribution in [0.25, 0.3) is 10.2 Å². The summed E-state index contributed by atoms with van der Waals surface area (Å²) in [7, 11) is 0. The summed E-state index contributed by atoms with van der Waals surface area (Å²) in [6.45, 7) is 8.24. The van der Waals surface area contributed by atoms with Crippen molar-refractivity contribution in [3.63, 3.8) is 0 Å². The Bertz CT molecular complexity index is 499. The molecule has 0 spiro atoms. The number of hydrogen-bond donors (Lipinski definition) is 0. The van der Waals surface area contributed by atoms with E-state index in [9.17, 15) is 0 Å². The fourth-order valence-corrected chi connectivity index (χ4v) is 3.87. The van der Waals surface area contributed by atoms with Crippen LogP contribution < -0.4 is 0 Å². The second kappa shape index (κ2) is 4.98. The van der Waals surface area contributed by atoms with E-state index in [0.717, 1.165) is 5.92 Å². The van der Waals surface area contributed by atoms with Crippen LogP contribution in [-0.2, 0) is 0 Å². The largest absolute Gasteiger partial charge is 0.302 e. The molecule has 0 N–H and O–H groups in total. The molecule has 1 aliphatic heterocycles. The SMILES string of the molecule is CC(C)CN1CC[C@H](c2nc3ccccc3s2)C1. The number of para-hydroxylation sites is 1. The first kappa shape index (κ1) is 12.1. The quantitative estimate of drug-likeness (QED) is 0.835. The third kappa shape index (κ3) is 2.43. The van der Waals surface area contributed by atoms with Gasteiger partial charge >= 0.3 is 0 Å². The second-order valence-corrected chi connectivity index (χ2v) is 6.72. The van der Waals surface area contributed by atoms with Crippen LogP contribution in [-0.4, -0.2) is 29.5 Å². The minimum atomic E-state index is 0.654. The highest BCUT2D eigenvalue weighted by molar-refractivity contribution is 7.18. The third-order valence-electron chi connectivity index (χ3n) is 3.56. The molecule has 2 nitrogen and oxygen atoms in total. The van der Waals surface area contributed by atoms with Crippen molar-refractivity contribution in [1.29, 1.82) is 0 Å². The molecular formula is C15H20N2S. The molecule has 0 amide bonds. The van der Waals surface area contributed by atoms with E-state index in [1.54, 1.807) is 0 Å². The van der Waals surface area contributed by atoms with E-state index in [2.05, 4.69) is 43.0 Å². The molecule has 18 heavy (non-hydrogen) atoms. The van der Waals surface area contributed by atoms with Crippen molar-refractivity contribution in [1.82, 2.24) is 9.88 Å². The second-order valence-electron chi connectivity index (χ2n) is 5.66. The molecule has 1 saturated heterocycles. The molecule has 3 heteroatoms. The zero-order valence-electron chi connectivity index (χ0n) is 11.1. The lowest BCUT2D eigenvalue weighted by Gasteiger charge is -2.17. The molecule has 0 saturated carbocycles. The van der Waals surface area contributed by atoms with Crippen LogP contribution in [0.4, 0.5) is 0 Å². The van der Waals surface area contributed by atoms with Crippen LogP contribution in [0.1, 0.15) is 31.2 Å². The Balaban J connectivity index is 1.75. The van der Waals surface area contributed by atoms with E-state index in [-0.39, 0.29) is 0 Å². The number of likely N-dealkylation sites (tertiary alicyclic amines) is 1. The van der Waals surface area contributed by atoms with Crippen molar-refractivity contribution in [2.75, 3.05) is 19.6 Å². The molecule has 2 heterocycles. The van der Waals surface area contributed by atoms with E-state index in [0.29, 0.717) is 5.92 Å². The number of aromatic nitrogens is 1. The molecule has 1 aromatic carbocycles. The zero-order chi connectivity index (χ0) is 12.5. The minimum absolute atomic E-state index is 0.654. The Kier molecular flexibility index (Phi) is 3.35. The molecule has 1 aromatic heterocycles. The van der Waals surface area contributed by atoms with Crippen molar-refractivity contribution in [3.8, 4) is 0 Å². The lowest BCUT2D eigenvalue weighted by atomic mass is 10.1. The number of nitrogens with zero attached hydrogens (tertiary/aromatic N) is 2. The molecular weight excluding hydrogens is 240 g/mol. The van der Waals surface area contributed by atoms with Gasteiger partial charge in [0.15, 0.2) is 0 Å². The summed E-state index contributed by atoms with van der Waals surface area (Å²) in [6.07, 6.45) is 1.27. The third-order valence-corrected chi connectivity index (χ3v) is 4.75. The number of fused-ring (bicyclic) bond motifs is 1. The first-order chi connectivity index (χ1) is 8.72. The highest BCUT2D eigenvalue weighted by Gasteiger charge is 2.26. The lowest BCUT2D eigenvalue weighted by molar-refractivity contribution is 0.295. The molecule has 96 valence electrons. The monoisotopic (exact) mass is 260 g/mol. The van der Waals surface area contributed by atoms with Gasteiger partial charge in [-0.25, -0.2) is 4.98 Å². The van der Waals surface area contributed by atoms with Crippen LogP contribution in [0.5, 0.6) is 0 Å². The number of thiazole rings is 1. The number of rotatable bonds is 3. The van der Waals surface area contributed by atoms with Crippen molar-refractivity contribution < 1.29 is 0 Å². The number of benzene rings is 1. The fraction of sp³-hybridized carbons (Fsp3) is 0.533. The van der Waals surface area contributed by atoms with Crippen LogP contribution in [0, 0.1) is 5.92 Å². The molecule has 0 unspecified atom stereocenters. The van der Waals surface area contributed by atoms with Crippen molar-refractivity contribution in [2.45, 2.75) is 26.2 Å². The lowest BCUT2D eigenvalue weighted by Crippen LogP contribution is -2.24. The van der Waals surface area contributed by atoms with Gasteiger partial charge in [0, 0.05) is 19.0 Å². The van der Waals surface area contributed by atoms with Gasteiger partial charge in [-0.3, -0.25) is 0 Å². The Labute approximate surface area is 113 Å². The molecule has 0 aliphatic carbocycles. The van der Waals surface area contributed by atoms with Crippen molar-refractivity contribution in [3.05, 3.63) is 29.3 Å². The average Bonchev–Trinajstić information content (AvgIpc) is 2.93. The predicted molar refractivity (Wildman–Crippen MR) is 78.3 cm³/mol. The normalized spacial score (nSPS) is 21.2. The molecule has 3 rings (SSSR count). The van der Waals surface area contributed by atoms with Crippen LogP contribution >= 0.6 is 11.3 Å². The highest BCUT2D eigenvalue weighted by Crippen LogP contribution is 2.33. The maximum Gasteiger partial charge on any atom is 0.0982 e. The van der Waals surface area contributed by atoms with Gasteiger partial charge in [-0.15, -0.1) is 11.3 Å². The summed E-state index contributed by atoms with van der Waals surface area (Å²) in [5.74, 6) is 1.42. The first-order valence-electron chi connectivity index (χ1n) is 6.80. The summed E-state index contributed by atoms with van der Waals surface area (Å²) < 4.78 is 1.33. The standard InChI is InChI=1S/C15H20N2S/c1-11(2)9-17-8-7-12(10-17)15-16-13-5-3-4-6-14(13)18-15/h3-6,11-12H,7-10H2,1-2H3/t12-/m0/s1. The summed E-state index contributed by atoms with van der Waals surface area (Å²) in [6, 6.07) is 8.48. The maximum atomic E-state index is 4.80. The van der Waals surface area contributed by atoms with Gasteiger partial charge < -0.3 is 4.90 Å². The topological polar surface area (TPSA) is 16.1 Å². The van der Waals surface area contributed by atoms with Crippen LogP contribution in [0.15, 0.2) is 24.3 Å². The van der Waals surface area contributed by atoms with E-state index < -0.39 is 0 Å². The highest BCUT2D eigenvalue weighted by atomic mass is 32.1. The molecule has 1 aliphatic rings. The molecule has 1 atom stereocenters. The summed E-state index contributed by atoms with van der Waals surface area (Å²) in [4.78, 5) is 7.38. The molecule has 1 fully saturated rings. The van der Waals surface area contributed by atoms with E-state index in [1.165, 1.54) is 41.3 Å². The molecule has 0 radical (unpaired) electrons.